The number of carbonyl (C=O) groups excluding carboxylic acids is 3. The van der Waals surface area contributed by atoms with Crippen LogP contribution in [0.3, 0.4) is 0 Å². The molecule has 10 heteroatoms. The molecule has 5 N–H and O–H groups in total. The molecule has 0 unspecified atom stereocenters. The highest BCUT2D eigenvalue weighted by Gasteiger charge is 2.39. The number of nitrogens with two attached hydrogens (primary N) is 1. The van der Waals surface area contributed by atoms with Crippen LogP contribution in [0.4, 0.5) is 17.1 Å². The van der Waals surface area contributed by atoms with Crippen molar-refractivity contribution in [3.8, 4) is 6.07 Å². The van der Waals surface area contributed by atoms with Crippen LogP contribution in [-0.2, 0) is 25.7 Å². The Kier molecular flexibility index (Phi) is 7.17. The van der Waals surface area contributed by atoms with Gasteiger partial charge < -0.3 is 31.1 Å². The highest BCUT2D eigenvalue weighted by atomic mass is 16.5. The van der Waals surface area contributed by atoms with Crippen LogP contribution in [0.5, 0.6) is 0 Å². The molecule has 2 aromatic rings. The van der Waals surface area contributed by atoms with Gasteiger partial charge >= 0.3 is 0 Å². The fourth-order valence-corrected chi connectivity index (χ4v) is 3.32. The Morgan fingerprint density at radius 2 is 1.94 bits per heavy atom. The predicted octanol–water partition coefficient (Wildman–Crippen LogP) is 0.707. The van der Waals surface area contributed by atoms with Crippen molar-refractivity contribution < 1.29 is 24.2 Å². The molecule has 0 aromatic heterocycles. The maximum atomic E-state index is 12.9. The van der Waals surface area contributed by atoms with Gasteiger partial charge in [-0.05, 0) is 48.0 Å². The van der Waals surface area contributed by atoms with Crippen LogP contribution in [0.15, 0.2) is 42.5 Å². The largest absolute Gasteiger partial charge is 0.380 e. The van der Waals surface area contributed by atoms with E-state index < -0.39 is 24.0 Å². The van der Waals surface area contributed by atoms with Crippen molar-refractivity contribution in [2.75, 3.05) is 28.7 Å². The Bertz CT molecular complexity index is 1060. The lowest BCUT2D eigenvalue weighted by atomic mass is 10.1. The van der Waals surface area contributed by atoms with E-state index in [1.165, 1.54) is 30.0 Å². The van der Waals surface area contributed by atoms with Gasteiger partial charge in [0.15, 0.2) is 12.2 Å². The van der Waals surface area contributed by atoms with Gasteiger partial charge in [0.25, 0.3) is 11.8 Å². The van der Waals surface area contributed by atoms with Gasteiger partial charge in [-0.1, -0.05) is 0 Å². The molecule has 1 fully saturated rings. The third-order valence-corrected chi connectivity index (χ3v) is 4.89. The molecule has 1 aliphatic rings. The first kappa shape index (κ1) is 22.9. The van der Waals surface area contributed by atoms with E-state index in [1.807, 2.05) is 6.07 Å². The molecule has 3 rings (SSSR count). The molecule has 1 saturated heterocycles. The minimum absolute atomic E-state index is 0.106. The van der Waals surface area contributed by atoms with E-state index in [0.717, 1.165) is 0 Å². The van der Waals surface area contributed by atoms with Crippen molar-refractivity contribution in [1.82, 2.24) is 0 Å². The molecule has 32 heavy (non-hydrogen) atoms. The summed E-state index contributed by atoms with van der Waals surface area (Å²) in [6.07, 6.45) is -3.13. The zero-order valence-electron chi connectivity index (χ0n) is 17.4. The number of nitrogens with zero attached hydrogens (tertiary/aromatic N) is 2. The van der Waals surface area contributed by atoms with Crippen molar-refractivity contribution in [2.45, 2.75) is 25.7 Å². The molecule has 0 spiro atoms. The molecule has 0 radical (unpaired) electrons. The lowest BCUT2D eigenvalue weighted by Gasteiger charge is -2.34. The number of benzene rings is 2. The van der Waals surface area contributed by atoms with Crippen molar-refractivity contribution in [3.05, 3.63) is 53.6 Å². The second-order valence-corrected chi connectivity index (χ2v) is 7.13. The summed E-state index contributed by atoms with van der Waals surface area (Å²) in [6.45, 7) is 1.88. The topological polar surface area (TPSA) is 158 Å². The van der Waals surface area contributed by atoms with E-state index in [1.54, 1.807) is 24.3 Å². The molecule has 10 nitrogen and oxygen atoms in total. The smallest absolute Gasteiger partial charge is 0.259 e. The Balaban J connectivity index is 1.70. The maximum absolute atomic E-state index is 12.9. The van der Waals surface area contributed by atoms with Gasteiger partial charge in [-0.3, -0.25) is 14.4 Å². The molecule has 1 heterocycles. The molecule has 166 valence electrons. The number of aliphatic hydroxyl groups is 1. The average molecular weight is 437 g/mol. The van der Waals surface area contributed by atoms with Crippen molar-refractivity contribution in [2.24, 2.45) is 5.73 Å². The first-order valence-corrected chi connectivity index (χ1v) is 9.86. The van der Waals surface area contributed by atoms with Crippen LogP contribution in [-0.4, -0.2) is 48.2 Å². The van der Waals surface area contributed by atoms with Gasteiger partial charge in [0, 0.05) is 37.1 Å². The van der Waals surface area contributed by atoms with Crippen molar-refractivity contribution >= 4 is 34.8 Å². The number of carbonyl (C=O) groups is 3. The number of aliphatic hydroxyl groups excluding tert-OH is 1. The molecule has 0 saturated carbocycles. The molecule has 0 bridgehead atoms. The SMILES string of the molecule is CC(=O)Nc1ccc(N2CCO[C@H]([C@@H](O)C(=O)Nc3ccc(C#N)c(CN)c3)C2=O)cc1. The Labute approximate surface area is 184 Å². The van der Waals surface area contributed by atoms with Crippen LogP contribution in [0.25, 0.3) is 0 Å². The number of morpholine rings is 1. The fraction of sp³-hybridized carbons (Fsp3) is 0.273. The van der Waals surface area contributed by atoms with Crippen molar-refractivity contribution in [1.29, 1.82) is 5.26 Å². The standard InChI is InChI=1S/C22H23N5O5/c1-13(28)25-16-4-6-18(7-5-16)27-8-9-32-20(22(27)31)19(29)21(30)26-17-3-2-14(11-23)15(10-17)12-24/h2-7,10,19-20,29H,8-9,12,24H2,1H3,(H,25,28)(H,26,30)/t19-,20-/m1/s1. The predicted molar refractivity (Wildman–Crippen MR) is 117 cm³/mol. The third kappa shape index (κ3) is 5.09. The molecular weight excluding hydrogens is 414 g/mol. The number of hydrogen-bond acceptors (Lipinski definition) is 7. The van der Waals surface area contributed by atoms with Crippen LogP contribution in [0.2, 0.25) is 0 Å². The van der Waals surface area contributed by atoms with E-state index in [9.17, 15) is 19.5 Å². The number of amides is 3. The minimum atomic E-state index is -1.75. The number of nitriles is 1. The summed E-state index contributed by atoms with van der Waals surface area (Å²) in [7, 11) is 0. The zero-order chi connectivity index (χ0) is 23.3. The van der Waals surface area contributed by atoms with Crippen LogP contribution < -0.4 is 21.3 Å². The molecule has 3 amide bonds. The van der Waals surface area contributed by atoms with Gasteiger partial charge in [0.2, 0.25) is 5.91 Å². The number of rotatable bonds is 6. The van der Waals surface area contributed by atoms with E-state index in [4.69, 9.17) is 15.7 Å². The lowest BCUT2D eigenvalue weighted by Crippen LogP contribution is -2.55. The maximum Gasteiger partial charge on any atom is 0.259 e. The summed E-state index contributed by atoms with van der Waals surface area (Å²) in [5, 5.41) is 24.7. The minimum Gasteiger partial charge on any atom is -0.380 e. The zero-order valence-corrected chi connectivity index (χ0v) is 17.4. The molecule has 2 atom stereocenters. The Morgan fingerprint density at radius 3 is 2.56 bits per heavy atom. The summed E-state index contributed by atoms with van der Waals surface area (Å²) in [5.74, 6) is -1.59. The highest BCUT2D eigenvalue weighted by Crippen LogP contribution is 2.23. The van der Waals surface area contributed by atoms with Crippen LogP contribution in [0.1, 0.15) is 18.1 Å². The van der Waals surface area contributed by atoms with Gasteiger partial charge in [0.1, 0.15) is 0 Å². The van der Waals surface area contributed by atoms with Gasteiger partial charge in [0.05, 0.1) is 18.2 Å². The average Bonchev–Trinajstić information content (AvgIpc) is 2.79. The number of nitrogens with one attached hydrogen (secondary N) is 2. The van der Waals surface area contributed by atoms with E-state index >= 15 is 0 Å². The first-order valence-electron chi connectivity index (χ1n) is 9.86. The van der Waals surface area contributed by atoms with Gasteiger partial charge in [-0.2, -0.15) is 5.26 Å². The fourth-order valence-electron chi connectivity index (χ4n) is 3.32. The summed E-state index contributed by atoms with van der Waals surface area (Å²) in [6, 6.07) is 13.2. The van der Waals surface area contributed by atoms with Gasteiger partial charge in [-0.15, -0.1) is 0 Å². The number of hydrogen-bond donors (Lipinski definition) is 4. The van der Waals surface area contributed by atoms with E-state index in [-0.39, 0.29) is 25.6 Å². The quantitative estimate of drug-likeness (QED) is 0.518. The normalized spacial score (nSPS) is 16.8. The second-order valence-electron chi connectivity index (χ2n) is 7.13. The van der Waals surface area contributed by atoms with E-state index in [0.29, 0.717) is 28.2 Å². The Morgan fingerprint density at radius 1 is 1.25 bits per heavy atom. The van der Waals surface area contributed by atoms with Crippen molar-refractivity contribution in [3.63, 3.8) is 0 Å². The third-order valence-electron chi connectivity index (χ3n) is 4.89. The summed E-state index contributed by atoms with van der Waals surface area (Å²) < 4.78 is 5.40. The monoisotopic (exact) mass is 437 g/mol. The Hall–Kier alpha value is -3.78. The van der Waals surface area contributed by atoms with Crippen LogP contribution >= 0.6 is 0 Å². The van der Waals surface area contributed by atoms with Crippen LogP contribution in [0, 0.1) is 11.3 Å². The second kappa shape index (κ2) is 10.0. The first-order chi connectivity index (χ1) is 15.3. The number of anilines is 3. The molecule has 1 aliphatic heterocycles. The lowest BCUT2D eigenvalue weighted by molar-refractivity contribution is -0.150. The molecular formula is C22H23N5O5. The summed E-state index contributed by atoms with van der Waals surface area (Å²) >= 11 is 0. The molecule has 2 aromatic carbocycles. The summed E-state index contributed by atoms with van der Waals surface area (Å²) in [5.41, 5.74) is 8.01. The van der Waals surface area contributed by atoms with E-state index in [2.05, 4.69) is 10.6 Å². The number of ether oxygens (including phenoxy) is 1. The van der Waals surface area contributed by atoms with Gasteiger partial charge in [-0.25, -0.2) is 0 Å². The highest BCUT2D eigenvalue weighted by molar-refractivity contribution is 6.04. The summed E-state index contributed by atoms with van der Waals surface area (Å²) in [4.78, 5) is 38.0. The molecule has 0 aliphatic carbocycles.